The summed E-state index contributed by atoms with van der Waals surface area (Å²) >= 11 is 0. The van der Waals surface area contributed by atoms with Gasteiger partial charge in [0.25, 0.3) is 0 Å². The summed E-state index contributed by atoms with van der Waals surface area (Å²) in [5, 5.41) is 0. The number of ether oxygens (including phenoxy) is 2. The summed E-state index contributed by atoms with van der Waals surface area (Å²) in [5.41, 5.74) is 1.11. The molecule has 116 valence electrons. The van der Waals surface area contributed by atoms with Crippen LogP contribution in [0.3, 0.4) is 0 Å². The fourth-order valence-corrected chi connectivity index (χ4v) is 4.07. The summed E-state index contributed by atoms with van der Waals surface area (Å²) in [6.45, 7) is 8.28. The van der Waals surface area contributed by atoms with Crippen LogP contribution < -0.4 is 0 Å². The normalized spacial score (nSPS) is 37.4. The van der Waals surface area contributed by atoms with Gasteiger partial charge in [0, 0.05) is 18.3 Å². The Kier molecular flexibility index (Phi) is 3.80. The predicted molar refractivity (Wildman–Crippen MR) is 77.3 cm³/mol. The SMILES string of the molecule is C=C(CCC(=O)OC1C2CC3C(=O)OC1C3C2)C(C)CC. The molecule has 3 rings (SSSR count). The molecule has 1 aliphatic heterocycles. The lowest BCUT2D eigenvalue weighted by atomic mass is 9.88. The summed E-state index contributed by atoms with van der Waals surface area (Å²) < 4.78 is 11.0. The lowest BCUT2D eigenvalue weighted by molar-refractivity contribution is -0.161. The van der Waals surface area contributed by atoms with Crippen molar-refractivity contribution in [1.82, 2.24) is 0 Å². The molecule has 0 amide bonds. The van der Waals surface area contributed by atoms with E-state index in [0.717, 1.165) is 24.8 Å². The first kappa shape index (κ1) is 14.6. The van der Waals surface area contributed by atoms with Gasteiger partial charge in [-0.1, -0.05) is 26.0 Å². The van der Waals surface area contributed by atoms with Gasteiger partial charge in [-0.05, 0) is 31.6 Å². The van der Waals surface area contributed by atoms with Crippen molar-refractivity contribution in [2.75, 3.05) is 0 Å². The average molecular weight is 292 g/mol. The molecular weight excluding hydrogens is 268 g/mol. The Morgan fingerprint density at radius 2 is 2.19 bits per heavy atom. The van der Waals surface area contributed by atoms with E-state index in [9.17, 15) is 9.59 Å². The van der Waals surface area contributed by atoms with Crippen molar-refractivity contribution in [3.63, 3.8) is 0 Å². The molecule has 4 heteroatoms. The van der Waals surface area contributed by atoms with Crippen molar-refractivity contribution in [2.45, 2.75) is 58.2 Å². The maximum absolute atomic E-state index is 12.0. The second-order valence-corrected chi connectivity index (χ2v) is 6.83. The molecule has 2 saturated carbocycles. The molecule has 0 spiro atoms. The fraction of sp³-hybridized carbons (Fsp3) is 0.765. The van der Waals surface area contributed by atoms with Crippen LogP contribution >= 0.6 is 0 Å². The third kappa shape index (κ3) is 2.49. The molecule has 2 bridgehead atoms. The highest BCUT2D eigenvalue weighted by atomic mass is 16.6. The topological polar surface area (TPSA) is 52.6 Å². The molecule has 3 aliphatic rings. The van der Waals surface area contributed by atoms with Crippen molar-refractivity contribution in [1.29, 1.82) is 0 Å². The molecule has 0 N–H and O–H groups in total. The van der Waals surface area contributed by atoms with Crippen LogP contribution in [0.25, 0.3) is 0 Å². The summed E-state index contributed by atoms with van der Waals surface area (Å²) in [7, 11) is 0. The maximum Gasteiger partial charge on any atom is 0.309 e. The average Bonchev–Trinajstić information content (AvgIpc) is 3.08. The van der Waals surface area contributed by atoms with Gasteiger partial charge in [-0.3, -0.25) is 9.59 Å². The van der Waals surface area contributed by atoms with Crippen molar-refractivity contribution in [3.05, 3.63) is 12.2 Å². The smallest absolute Gasteiger partial charge is 0.309 e. The van der Waals surface area contributed by atoms with Crippen LogP contribution in [0, 0.1) is 23.7 Å². The van der Waals surface area contributed by atoms with E-state index in [1.807, 2.05) is 0 Å². The molecule has 4 nitrogen and oxygen atoms in total. The van der Waals surface area contributed by atoms with Gasteiger partial charge in [-0.25, -0.2) is 0 Å². The van der Waals surface area contributed by atoms with Gasteiger partial charge in [0.15, 0.2) is 0 Å². The molecule has 6 unspecified atom stereocenters. The van der Waals surface area contributed by atoms with Crippen LogP contribution in [-0.4, -0.2) is 24.1 Å². The van der Waals surface area contributed by atoms with E-state index in [4.69, 9.17) is 9.47 Å². The highest BCUT2D eigenvalue weighted by Crippen LogP contribution is 2.55. The number of carbonyl (C=O) groups is 2. The Bertz CT molecular complexity index is 469. The van der Waals surface area contributed by atoms with Gasteiger partial charge in [0.05, 0.1) is 5.92 Å². The molecule has 1 saturated heterocycles. The molecule has 6 atom stereocenters. The van der Waals surface area contributed by atoms with Gasteiger partial charge in [-0.15, -0.1) is 0 Å². The van der Waals surface area contributed by atoms with Gasteiger partial charge >= 0.3 is 11.9 Å². The predicted octanol–water partition coefficient (Wildman–Crippen LogP) is 2.86. The minimum absolute atomic E-state index is 0.0696. The fourth-order valence-electron chi connectivity index (χ4n) is 4.07. The second-order valence-electron chi connectivity index (χ2n) is 6.83. The largest absolute Gasteiger partial charge is 0.458 e. The molecular formula is C17H24O4. The molecule has 0 aromatic rings. The minimum atomic E-state index is -0.206. The van der Waals surface area contributed by atoms with Gasteiger partial charge in [0.1, 0.15) is 12.2 Å². The lowest BCUT2D eigenvalue weighted by Crippen LogP contribution is -2.36. The molecule has 2 aliphatic carbocycles. The number of fused-ring (bicyclic) bond motifs is 1. The summed E-state index contributed by atoms with van der Waals surface area (Å²) in [6.07, 6.45) is 3.52. The first-order chi connectivity index (χ1) is 10.0. The molecule has 0 aromatic carbocycles. The third-order valence-corrected chi connectivity index (χ3v) is 5.64. The number of allylic oxidation sites excluding steroid dienone is 1. The maximum atomic E-state index is 12.0. The van der Waals surface area contributed by atoms with E-state index in [1.54, 1.807) is 0 Å². The Balaban J connectivity index is 1.50. The van der Waals surface area contributed by atoms with Gasteiger partial charge < -0.3 is 9.47 Å². The zero-order valence-corrected chi connectivity index (χ0v) is 12.8. The van der Waals surface area contributed by atoms with E-state index in [0.29, 0.717) is 24.7 Å². The van der Waals surface area contributed by atoms with Crippen molar-refractivity contribution >= 4 is 11.9 Å². The second kappa shape index (κ2) is 5.47. The van der Waals surface area contributed by atoms with Crippen LogP contribution in [-0.2, 0) is 19.1 Å². The Labute approximate surface area is 125 Å². The summed E-state index contributed by atoms with van der Waals surface area (Å²) in [6, 6.07) is 0. The summed E-state index contributed by atoms with van der Waals surface area (Å²) in [5.74, 6) is 0.846. The van der Waals surface area contributed by atoms with Crippen LogP contribution in [0.15, 0.2) is 12.2 Å². The number of hydrogen-bond donors (Lipinski definition) is 0. The number of hydrogen-bond acceptors (Lipinski definition) is 4. The van der Waals surface area contributed by atoms with Gasteiger partial charge in [-0.2, -0.15) is 0 Å². The third-order valence-electron chi connectivity index (χ3n) is 5.64. The standard InChI is InChI=1S/C17H24O4/c1-4-9(2)10(3)5-6-14(18)20-15-11-7-12-13(8-11)17(19)21-16(12)15/h9,11-13,15-16H,3-8H2,1-2H3. The number of carbonyl (C=O) groups excluding carboxylic acids is 2. The molecule has 21 heavy (non-hydrogen) atoms. The molecule has 0 aromatic heterocycles. The van der Waals surface area contributed by atoms with Gasteiger partial charge in [0.2, 0.25) is 0 Å². The van der Waals surface area contributed by atoms with Crippen LogP contribution in [0.4, 0.5) is 0 Å². The zero-order valence-electron chi connectivity index (χ0n) is 12.8. The monoisotopic (exact) mass is 292 g/mol. The molecule has 3 fully saturated rings. The quantitative estimate of drug-likeness (QED) is 0.558. The first-order valence-electron chi connectivity index (χ1n) is 8.08. The zero-order chi connectivity index (χ0) is 15.1. The Morgan fingerprint density at radius 1 is 1.43 bits per heavy atom. The minimum Gasteiger partial charge on any atom is -0.458 e. The number of esters is 2. The van der Waals surface area contributed by atoms with E-state index in [1.165, 1.54) is 0 Å². The van der Waals surface area contributed by atoms with Crippen molar-refractivity contribution in [2.24, 2.45) is 23.7 Å². The first-order valence-corrected chi connectivity index (χ1v) is 8.08. The Morgan fingerprint density at radius 3 is 2.90 bits per heavy atom. The summed E-state index contributed by atoms with van der Waals surface area (Å²) in [4.78, 5) is 23.7. The van der Waals surface area contributed by atoms with E-state index < -0.39 is 0 Å². The van der Waals surface area contributed by atoms with Crippen LogP contribution in [0.5, 0.6) is 0 Å². The van der Waals surface area contributed by atoms with E-state index >= 15 is 0 Å². The Hall–Kier alpha value is -1.32. The van der Waals surface area contributed by atoms with Crippen molar-refractivity contribution in [3.8, 4) is 0 Å². The van der Waals surface area contributed by atoms with E-state index in [2.05, 4.69) is 20.4 Å². The highest BCUT2D eigenvalue weighted by Gasteiger charge is 2.63. The van der Waals surface area contributed by atoms with E-state index in [-0.39, 0.29) is 36.0 Å². The lowest BCUT2D eigenvalue weighted by Gasteiger charge is -2.25. The van der Waals surface area contributed by atoms with Crippen LogP contribution in [0.2, 0.25) is 0 Å². The molecule has 0 radical (unpaired) electrons. The number of rotatable bonds is 6. The highest BCUT2D eigenvalue weighted by molar-refractivity contribution is 5.77. The van der Waals surface area contributed by atoms with Crippen molar-refractivity contribution < 1.29 is 19.1 Å². The van der Waals surface area contributed by atoms with Crippen LogP contribution in [0.1, 0.15) is 46.0 Å². The molecule has 1 heterocycles.